The van der Waals surface area contributed by atoms with E-state index in [0.29, 0.717) is 5.69 Å². The van der Waals surface area contributed by atoms with Gasteiger partial charge in [0.05, 0.1) is 6.26 Å². The molecule has 0 N–H and O–H groups in total. The molecular weight excluding hydrogens is 248 g/mol. The van der Waals surface area contributed by atoms with Crippen LogP contribution in [0.15, 0.2) is 22.8 Å². The van der Waals surface area contributed by atoms with Crippen LogP contribution in [0.5, 0.6) is 0 Å². The van der Waals surface area contributed by atoms with Crippen LogP contribution in [0.2, 0.25) is 0 Å². The van der Waals surface area contributed by atoms with Crippen LogP contribution in [0.25, 0.3) is 10.8 Å². The fraction of sp³-hybridized carbons (Fsp3) is 0.385. The van der Waals surface area contributed by atoms with E-state index in [1.165, 1.54) is 11.3 Å². The second-order valence-corrected chi connectivity index (χ2v) is 5.60. The van der Waals surface area contributed by atoms with E-state index in [0.717, 1.165) is 41.6 Å². The van der Waals surface area contributed by atoms with Crippen LogP contribution in [-0.4, -0.2) is 28.9 Å². The Morgan fingerprint density at radius 1 is 1.44 bits per heavy atom. The predicted molar refractivity (Wildman–Crippen MR) is 69.7 cm³/mol. The standard InChI is InChI=1S/C13H14N2O2S/c1-9-11(13(16)15-6-2-3-7-15)14-12(18-9)10-5-4-8-17-10/h4-5,8H,2-3,6-7H2,1H3. The molecule has 1 aliphatic heterocycles. The highest BCUT2D eigenvalue weighted by Gasteiger charge is 2.24. The summed E-state index contributed by atoms with van der Waals surface area (Å²) in [6.45, 7) is 3.64. The molecule has 3 rings (SSSR count). The summed E-state index contributed by atoms with van der Waals surface area (Å²) in [7, 11) is 0. The van der Waals surface area contributed by atoms with E-state index in [-0.39, 0.29) is 5.91 Å². The molecule has 2 aromatic heterocycles. The first-order valence-electron chi connectivity index (χ1n) is 6.06. The number of aryl methyl sites for hydroxylation is 1. The number of thiazole rings is 1. The lowest BCUT2D eigenvalue weighted by molar-refractivity contribution is 0.0787. The van der Waals surface area contributed by atoms with E-state index in [2.05, 4.69) is 4.98 Å². The molecule has 0 bridgehead atoms. The van der Waals surface area contributed by atoms with Crippen LogP contribution in [0, 0.1) is 6.92 Å². The number of hydrogen-bond donors (Lipinski definition) is 0. The molecule has 0 saturated carbocycles. The van der Waals surface area contributed by atoms with Gasteiger partial charge in [0.25, 0.3) is 5.91 Å². The van der Waals surface area contributed by atoms with Gasteiger partial charge in [0.1, 0.15) is 5.69 Å². The predicted octanol–water partition coefficient (Wildman–Crippen LogP) is 2.95. The normalized spacial score (nSPS) is 15.3. The van der Waals surface area contributed by atoms with Crippen LogP contribution in [-0.2, 0) is 0 Å². The third-order valence-corrected chi connectivity index (χ3v) is 4.11. The number of nitrogens with zero attached hydrogens (tertiary/aromatic N) is 2. The first kappa shape index (κ1) is 11.5. The summed E-state index contributed by atoms with van der Waals surface area (Å²) in [6.07, 6.45) is 3.81. The third-order valence-electron chi connectivity index (χ3n) is 3.12. The monoisotopic (exact) mass is 262 g/mol. The Morgan fingerprint density at radius 3 is 2.89 bits per heavy atom. The Balaban J connectivity index is 1.90. The zero-order valence-corrected chi connectivity index (χ0v) is 11.0. The van der Waals surface area contributed by atoms with E-state index >= 15 is 0 Å². The molecule has 3 heterocycles. The molecule has 0 spiro atoms. The topological polar surface area (TPSA) is 46.3 Å². The minimum atomic E-state index is 0.0547. The lowest BCUT2D eigenvalue weighted by atomic mass is 10.3. The van der Waals surface area contributed by atoms with Crippen molar-refractivity contribution in [3.8, 4) is 10.8 Å². The van der Waals surface area contributed by atoms with Gasteiger partial charge in [0.2, 0.25) is 0 Å². The zero-order valence-electron chi connectivity index (χ0n) is 10.2. The maximum absolute atomic E-state index is 12.3. The first-order valence-corrected chi connectivity index (χ1v) is 6.88. The summed E-state index contributed by atoms with van der Waals surface area (Å²) in [6, 6.07) is 3.69. The van der Waals surface area contributed by atoms with Gasteiger partial charge in [-0.25, -0.2) is 4.98 Å². The van der Waals surface area contributed by atoms with E-state index < -0.39 is 0 Å². The van der Waals surface area contributed by atoms with Gasteiger partial charge in [-0.15, -0.1) is 11.3 Å². The minimum Gasteiger partial charge on any atom is -0.462 e. The van der Waals surface area contributed by atoms with Gasteiger partial charge in [0.15, 0.2) is 10.8 Å². The van der Waals surface area contributed by atoms with Crippen molar-refractivity contribution in [2.24, 2.45) is 0 Å². The molecule has 18 heavy (non-hydrogen) atoms. The fourth-order valence-electron chi connectivity index (χ4n) is 2.17. The van der Waals surface area contributed by atoms with Crippen molar-refractivity contribution < 1.29 is 9.21 Å². The van der Waals surface area contributed by atoms with Gasteiger partial charge in [-0.2, -0.15) is 0 Å². The number of hydrogen-bond acceptors (Lipinski definition) is 4. The largest absolute Gasteiger partial charge is 0.462 e. The lowest BCUT2D eigenvalue weighted by Crippen LogP contribution is -2.28. The number of furan rings is 1. The molecule has 1 aliphatic rings. The summed E-state index contributed by atoms with van der Waals surface area (Å²) in [4.78, 5) is 19.6. The molecular formula is C13H14N2O2S. The van der Waals surface area contributed by atoms with Crippen LogP contribution < -0.4 is 0 Å². The zero-order chi connectivity index (χ0) is 12.5. The number of likely N-dealkylation sites (tertiary alicyclic amines) is 1. The summed E-state index contributed by atoms with van der Waals surface area (Å²) in [5, 5.41) is 0.778. The Kier molecular flexibility index (Phi) is 2.91. The quantitative estimate of drug-likeness (QED) is 0.836. The molecule has 5 heteroatoms. The third kappa shape index (κ3) is 1.95. The van der Waals surface area contributed by atoms with Gasteiger partial charge < -0.3 is 9.32 Å². The summed E-state index contributed by atoms with van der Waals surface area (Å²) in [5.74, 6) is 0.780. The van der Waals surface area contributed by atoms with Crippen molar-refractivity contribution >= 4 is 17.2 Å². The molecule has 0 atom stereocenters. The Bertz CT molecular complexity index is 554. The average Bonchev–Trinajstić information content (AvgIpc) is 3.10. The van der Waals surface area contributed by atoms with E-state index in [1.54, 1.807) is 6.26 Å². The minimum absolute atomic E-state index is 0.0547. The van der Waals surface area contributed by atoms with Crippen molar-refractivity contribution in [3.63, 3.8) is 0 Å². The first-order chi connectivity index (χ1) is 8.75. The van der Waals surface area contributed by atoms with E-state index in [9.17, 15) is 4.79 Å². The number of carbonyl (C=O) groups is 1. The van der Waals surface area contributed by atoms with Crippen LogP contribution in [0.3, 0.4) is 0 Å². The van der Waals surface area contributed by atoms with Gasteiger partial charge in [0, 0.05) is 18.0 Å². The molecule has 1 amide bonds. The number of rotatable bonds is 2. The maximum Gasteiger partial charge on any atom is 0.273 e. The van der Waals surface area contributed by atoms with Gasteiger partial charge in [-0.1, -0.05) is 0 Å². The summed E-state index contributed by atoms with van der Waals surface area (Å²) in [5.41, 5.74) is 0.577. The van der Waals surface area contributed by atoms with Gasteiger partial charge in [-0.05, 0) is 31.9 Å². The highest BCUT2D eigenvalue weighted by atomic mass is 32.1. The number of aromatic nitrogens is 1. The number of amides is 1. The average molecular weight is 262 g/mol. The smallest absolute Gasteiger partial charge is 0.273 e. The van der Waals surface area contributed by atoms with E-state index in [1.807, 2.05) is 24.0 Å². The summed E-state index contributed by atoms with van der Waals surface area (Å²) < 4.78 is 5.32. The maximum atomic E-state index is 12.3. The molecule has 4 nitrogen and oxygen atoms in total. The van der Waals surface area contributed by atoms with E-state index in [4.69, 9.17) is 4.42 Å². The summed E-state index contributed by atoms with van der Waals surface area (Å²) >= 11 is 1.51. The van der Waals surface area contributed by atoms with Crippen LogP contribution in [0.4, 0.5) is 0 Å². The van der Waals surface area contributed by atoms with Crippen molar-refractivity contribution in [2.75, 3.05) is 13.1 Å². The molecule has 2 aromatic rings. The Morgan fingerprint density at radius 2 is 2.22 bits per heavy atom. The number of carbonyl (C=O) groups excluding carboxylic acids is 1. The van der Waals surface area contributed by atoms with Gasteiger partial charge >= 0.3 is 0 Å². The molecule has 1 fully saturated rings. The molecule has 0 aliphatic carbocycles. The van der Waals surface area contributed by atoms with Crippen molar-refractivity contribution in [2.45, 2.75) is 19.8 Å². The highest BCUT2D eigenvalue weighted by molar-refractivity contribution is 7.15. The Hall–Kier alpha value is -1.62. The van der Waals surface area contributed by atoms with Crippen LogP contribution in [0.1, 0.15) is 28.2 Å². The Labute approximate surface area is 109 Å². The van der Waals surface area contributed by atoms with Crippen molar-refractivity contribution in [3.05, 3.63) is 29.0 Å². The fourth-order valence-corrected chi connectivity index (χ4v) is 3.04. The van der Waals surface area contributed by atoms with Crippen LogP contribution >= 0.6 is 11.3 Å². The second kappa shape index (κ2) is 4.57. The molecule has 0 unspecified atom stereocenters. The highest BCUT2D eigenvalue weighted by Crippen LogP contribution is 2.29. The molecule has 0 aromatic carbocycles. The molecule has 0 radical (unpaired) electrons. The lowest BCUT2D eigenvalue weighted by Gasteiger charge is -2.13. The molecule has 1 saturated heterocycles. The second-order valence-electron chi connectivity index (χ2n) is 4.40. The van der Waals surface area contributed by atoms with Crippen molar-refractivity contribution in [1.29, 1.82) is 0 Å². The van der Waals surface area contributed by atoms with Crippen molar-refractivity contribution in [1.82, 2.24) is 9.88 Å². The SMILES string of the molecule is Cc1sc(-c2ccco2)nc1C(=O)N1CCCC1. The van der Waals surface area contributed by atoms with Gasteiger partial charge in [-0.3, -0.25) is 4.79 Å². The molecule has 94 valence electrons.